The van der Waals surface area contributed by atoms with Crippen molar-refractivity contribution in [1.29, 1.82) is 5.26 Å². The molecule has 0 unspecified atom stereocenters. The molecule has 0 atom stereocenters. The zero-order valence-corrected chi connectivity index (χ0v) is 21.4. The van der Waals surface area contributed by atoms with Crippen molar-refractivity contribution in [1.82, 2.24) is 9.55 Å². The highest BCUT2D eigenvalue weighted by atomic mass is 16.3. The molecule has 0 amide bonds. The van der Waals surface area contributed by atoms with E-state index in [-0.39, 0.29) is 0 Å². The Kier molecular flexibility index (Phi) is 4.85. The fourth-order valence-corrected chi connectivity index (χ4v) is 5.90. The normalized spacial score (nSPS) is 11.5. The van der Waals surface area contributed by atoms with Gasteiger partial charge in [-0.15, -0.1) is 0 Å². The van der Waals surface area contributed by atoms with Crippen molar-refractivity contribution in [2.45, 2.75) is 0 Å². The van der Waals surface area contributed by atoms with Gasteiger partial charge in [-0.3, -0.25) is 0 Å². The molecule has 0 aliphatic carbocycles. The Hall–Kier alpha value is -5.66. The number of fused-ring (bicyclic) bond motifs is 7. The molecule has 8 rings (SSSR count). The van der Waals surface area contributed by atoms with Crippen LogP contribution in [-0.2, 0) is 0 Å². The van der Waals surface area contributed by atoms with Gasteiger partial charge >= 0.3 is 0 Å². The lowest BCUT2D eigenvalue weighted by Crippen LogP contribution is -1.97. The molecule has 0 N–H and O–H groups in total. The van der Waals surface area contributed by atoms with E-state index in [0.717, 1.165) is 71.7 Å². The number of para-hydroxylation sites is 3. The van der Waals surface area contributed by atoms with Gasteiger partial charge in [0, 0.05) is 33.5 Å². The van der Waals surface area contributed by atoms with E-state index in [4.69, 9.17) is 9.68 Å². The summed E-state index contributed by atoms with van der Waals surface area (Å²) in [6, 6.07) is 44.0. The monoisotopic (exact) mass is 511 g/mol. The lowest BCUT2D eigenvalue weighted by Gasteiger charge is -2.15. The third kappa shape index (κ3) is 3.28. The van der Waals surface area contributed by atoms with Crippen LogP contribution in [-0.4, -0.2) is 9.55 Å². The second-order valence-corrected chi connectivity index (χ2v) is 9.93. The van der Waals surface area contributed by atoms with Crippen molar-refractivity contribution >= 4 is 43.7 Å². The SMILES string of the molecule is N#Cc1ccc(-c2cccc(-c3ccccc3-n3c4ccccc4c4c5oc6ccccc6c5ccc43)c2)cn1. The standard InChI is InChI=1S/C36H21N3O/c37-21-26-17-16-25(22-38-26)23-8-7-9-24(20-23)27-10-1-4-13-31(27)39-32-14-5-2-12-30(32)35-33(39)19-18-29-28-11-3-6-15-34(28)40-36(29)35/h1-20,22H. The van der Waals surface area contributed by atoms with Crippen molar-refractivity contribution < 1.29 is 4.42 Å². The van der Waals surface area contributed by atoms with E-state index in [0.29, 0.717) is 5.69 Å². The Morgan fingerprint density at radius 2 is 1.43 bits per heavy atom. The molecule has 0 saturated heterocycles. The first kappa shape index (κ1) is 22.3. The molecule has 186 valence electrons. The molecule has 40 heavy (non-hydrogen) atoms. The Morgan fingerprint density at radius 3 is 2.30 bits per heavy atom. The fourth-order valence-electron chi connectivity index (χ4n) is 5.90. The van der Waals surface area contributed by atoms with E-state index >= 15 is 0 Å². The van der Waals surface area contributed by atoms with E-state index in [1.165, 1.54) is 0 Å². The van der Waals surface area contributed by atoms with Gasteiger partial charge in [-0.25, -0.2) is 4.98 Å². The van der Waals surface area contributed by atoms with Crippen LogP contribution >= 0.6 is 0 Å². The molecule has 0 spiro atoms. The maximum atomic E-state index is 9.14. The molecule has 0 fully saturated rings. The van der Waals surface area contributed by atoms with Gasteiger partial charge in [0.2, 0.25) is 0 Å². The second-order valence-electron chi connectivity index (χ2n) is 9.93. The van der Waals surface area contributed by atoms with Crippen molar-refractivity contribution in [3.8, 4) is 34.0 Å². The van der Waals surface area contributed by atoms with Crippen molar-refractivity contribution in [2.75, 3.05) is 0 Å². The largest absolute Gasteiger partial charge is 0.455 e. The first-order valence-electron chi connectivity index (χ1n) is 13.2. The van der Waals surface area contributed by atoms with Crippen LogP contribution in [0.5, 0.6) is 0 Å². The number of nitriles is 1. The van der Waals surface area contributed by atoms with Crippen LogP contribution in [0.15, 0.2) is 132 Å². The molecule has 0 radical (unpaired) electrons. The average Bonchev–Trinajstić information content (AvgIpc) is 3.57. The van der Waals surface area contributed by atoms with Gasteiger partial charge in [0.1, 0.15) is 22.9 Å². The number of hydrogen-bond donors (Lipinski definition) is 0. The van der Waals surface area contributed by atoms with Crippen LogP contribution in [0.2, 0.25) is 0 Å². The molecule has 3 heterocycles. The van der Waals surface area contributed by atoms with Gasteiger partial charge in [-0.2, -0.15) is 5.26 Å². The van der Waals surface area contributed by atoms with Crippen molar-refractivity contribution in [3.05, 3.63) is 133 Å². The van der Waals surface area contributed by atoms with E-state index in [1.54, 1.807) is 12.3 Å². The van der Waals surface area contributed by atoms with E-state index < -0.39 is 0 Å². The topological polar surface area (TPSA) is 54.8 Å². The number of nitrogens with zero attached hydrogens (tertiary/aromatic N) is 3. The molecule has 5 aromatic carbocycles. The van der Waals surface area contributed by atoms with Crippen LogP contribution in [0.3, 0.4) is 0 Å². The van der Waals surface area contributed by atoms with Gasteiger partial charge in [0.25, 0.3) is 0 Å². The molecule has 8 aromatic rings. The van der Waals surface area contributed by atoms with E-state index in [9.17, 15) is 0 Å². The quantitative estimate of drug-likeness (QED) is 0.237. The van der Waals surface area contributed by atoms with Gasteiger partial charge in [-0.1, -0.05) is 72.8 Å². The Morgan fingerprint density at radius 1 is 0.625 bits per heavy atom. The molecule has 0 aliphatic heterocycles. The summed E-state index contributed by atoms with van der Waals surface area (Å²) in [5.41, 5.74) is 9.81. The first-order chi connectivity index (χ1) is 19.8. The molecule has 0 aliphatic rings. The average molecular weight is 512 g/mol. The number of hydrogen-bond acceptors (Lipinski definition) is 3. The number of pyridine rings is 1. The summed E-state index contributed by atoms with van der Waals surface area (Å²) >= 11 is 0. The summed E-state index contributed by atoms with van der Waals surface area (Å²) in [6.45, 7) is 0. The van der Waals surface area contributed by atoms with Crippen LogP contribution in [0.1, 0.15) is 5.69 Å². The van der Waals surface area contributed by atoms with Crippen molar-refractivity contribution in [3.63, 3.8) is 0 Å². The zero-order chi connectivity index (χ0) is 26.6. The number of benzene rings is 5. The third-order valence-electron chi connectivity index (χ3n) is 7.71. The van der Waals surface area contributed by atoms with Crippen LogP contribution in [0.4, 0.5) is 0 Å². The minimum absolute atomic E-state index is 0.412. The van der Waals surface area contributed by atoms with E-state index in [1.807, 2.05) is 18.2 Å². The summed E-state index contributed by atoms with van der Waals surface area (Å²) in [5, 5.41) is 13.7. The fraction of sp³-hybridized carbons (Fsp3) is 0. The summed E-state index contributed by atoms with van der Waals surface area (Å²) in [7, 11) is 0. The Balaban J connectivity index is 1.39. The highest BCUT2D eigenvalue weighted by molar-refractivity contribution is 6.24. The number of rotatable bonds is 3. The highest BCUT2D eigenvalue weighted by Crippen LogP contribution is 2.42. The predicted octanol–water partition coefficient (Wildman–Crippen LogP) is 9.28. The minimum Gasteiger partial charge on any atom is -0.455 e. The predicted molar refractivity (Wildman–Crippen MR) is 161 cm³/mol. The molecule has 3 aromatic heterocycles. The maximum absolute atomic E-state index is 9.14. The molecular formula is C36H21N3O. The van der Waals surface area contributed by atoms with Crippen molar-refractivity contribution in [2.24, 2.45) is 0 Å². The summed E-state index contributed by atoms with van der Waals surface area (Å²) in [6.07, 6.45) is 1.76. The highest BCUT2D eigenvalue weighted by Gasteiger charge is 2.20. The Bertz CT molecular complexity index is 2280. The summed E-state index contributed by atoms with van der Waals surface area (Å²) in [4.78, 5) is 4.27. The summed E-state index contributed by atoms with van der Waals surface area (Å²) in [5.74, 6) is 0. The number of furan rings is 1. The Labute approximate surface area is 230 Å². The van der Waals surface area contributed by atoms with Crippen LogP contribution in [0, 0.1) is 11.3 Å². The molecule has 0 saturated carbocycles. The lowest BCUT2D eigenvalue weighted by molar-refractivity contribution is 0.673. The first-order valence-corrected chi connectivity index (χ1v) is 13.2. The molecule has 0 bridgehead atoms. The van der Waals surface area contributed by atoms with Gasteiger partial charge in [0.05, 0.1) is 22.1 Å². The second kappa shape index (κ2) is 8.69. The summed E-state index contributed by atoms with van der Waals surface area (Å²) < 4.78 is 8.83. The minimum atomic E-state index is 0.412. The lowest BCUT2D eigenvalue weighted by atomic mass is 9.98. The third-order valence-corrected chi connectivity index (χ3v) is 7.71. The smallest absolute Gasteiger partial charge is 0.145 e. The molecular weight excluding hydrogens is 490 g/mol. The molecule has 4 nitrogen and oxygen atoms in total. The maximum Gasteiger partial charge on any atom is 0.145 e. The van der Waals surface area contributed by atoms with E-state index in [2.05, 4.69) is 113 Å². The van der Waals surface area contributed by atoms with Crippen LogP contribution < -0.4 is 0 Å². The van der Waals surface area contributed by atoms with Gasteiger partial charge in [-0.05, 0) is 59.7 Å². The van der Waals surface area contributed by atoms with Gasteiger partial charge in [0.15, 0.2) is 0 Å². The number of aromatic nitrogens is 2. The molecule has 4 heteroatoms. The van der Waals surface area contributed by atoms with Crippen LogP contribution in [0.25, 0.3) is 71.7 Å². The zero-order valence-electron chi connectivity index (χ0n) is 21.4. The van der Waals surface area contributed by atoms with Gasteiger partial charge < -0.3 is 8.98 Å².